The molecule has 3 N–H and O–H groups in total. The first-order chi connectivity index (χ1) is 15.8. The Labute approximate surface area is 205 Å². The van der Waals surface area contributed by atoms with Crippen molar-refractivity contribution in [2.75, 3.05) is 6.61 Å². The van der Waals surface area contributed by atoms with Gasteiger partial charge in [-0.2, -0.15) is 0 Å². The Hall–Kier alpha value is -1.04. The molecular formula is C29H46N2O3. The molecule has 4 aliphatic carbocycles. The van der Waals surface area contributed by atoms with Crippen LogP contribution in [0.4, 0.5) is 0 Å². The van der Waals surface area contributed by atoms with Crippen LogP contribution in [0.15, 0.2) is 12.5 Å². The molecule has 1 aromatic rings. The van der Waals surface area contributed by atoms with E-state index in [1.165, 1.54) is 24.1 Å². The topological polar surface area (TPSA) is 86.5 Å². The van der Waals surface area contributed by atoms with Crippen LogP contribution in [0, 0.1) is 39.9 Å². The molecule has 190 valence electrons. The smallest absolute Gasteiger partial charge is 0.115 e. The molecule has 5 heteroatoms. The van der Waals surface area contributed by atoms with Crippen LogP contribution < -0.4 is 0 Å². The maximum atomic E-state index is 11.8. The first kappa shape index (κ1) is 24.6. The van der Waals surface area contributed by atoms with Crippen molar-refractivity contribution in [3.8, 4) is 0 Å². The maximum absolute atomic E-state index is 11.8. The minimum Gasteiger partial charge on any atom is -0.396 e. The third-order valence-corrected chi connectivity index (χ3v) is 12.1. The normalized spacial score (nSPS) is 46.6. The van der Waals surface area contributed by atoms with Crippen LogP contribution in [-0.2, 0) is 11.8 Å². The molecule has 0 saturated heterocycles. The molecule has 0 spiro atoms. The predicted octanol–water partition coefficient (Wildman–Crippen LogP) is 4.67. The number of aliphatic hydroxyl groups excluding tert-OH is 2. The molecule has 5 nitrogen and oxygen atoms in total. The van der Waals surface area contributed by atoms with Gasteiger partial charge in [0.05, 0.1) is 17.4 Å². The molecule has 9 atom stereocenters. The molecule has 0 aliphatic heterocycles. The van der Waals surface area contributed by atoms with Gasteiger partial charge in [0, 0.05) is 18.2 Å². The van der Waals surface area contributed by atoms with Gasteiger partial charge in [-0.25, -0.2) is 9.97 Å². The van der Waals surface area contributed by atoms with E-state index >= 15 is 0 Å². The van der Waals surface area contributed by atoms with Crippen LogP contribution >= 0.6 is 0 Å². The first-order valence-corrected chi connectivity index (χ1v) is 13.6. The molecular weight excluding hydrogens is 424 g/mol. The summed E-state index contributed by atoms with van der Waals surface area (Å²) in [6.07, 6.45) is 10.7. The molecule has 4 aliphatic rings. The van der Waals surface area contributed by atoms with Crippen LogP contribution in [0.5, 0.6) is 0 Å². The van der Waals surface area contributed by atoms with E-state index in [-0.39, 0.29) is 40.1 Å². The summed E-state index contributed by atoms with van der Waals surface area (Å²) < 4.78 is 0. The summed E-state index contributed by atoms with van der Waals surface area (Å²) in [7, 11) is 0. The lowest BCUT2D eigenvalue weighted by molar-refractivity contribution is -0.223. The summed E-state index contributed by atoms with van der Waals surface area (Å²) >= 11 is 0. The number of rotatable bonds is 4. The quantitative estimate of drug-likeness (QED) is 0.595. The van der Waals surface area contributed by atoms with Gasteiger partial charge in [-0.15, -0.1) is 0 Å². The van der Waals surface area contributed by atoms with Crippen molar-refractivity contribution < 1.29 is 15.3 Å². The second-order valence-electron chi connectivity index (χ2n) is 13.9. The van der Waals surface area contributed by atoms with E-state index in [1.54, 1.807) is 6.33 Å². The molecule has 3 saturated carbocycles. The van der Waals surface area contributed by atoms with Crippen molar-refractivity contribution in [3.05, 3.63) is 23.8 Å². The summed E-state index contributed by atoms with van der Waals surface area (Å²) in [5.41, 5.74) is 1.84. The van der Waals surface area contributed by atoms with E-state index in [2.05, 4.69) is 39.6 Å². The van der Waals surface area contributed by atoms with Crippen LogP contribution in [0.3, 0.4) is 0 Å². The fourth-order valence-electron chi connectivity index (χ4n) is 10.5. The van der Waals surface area contributed by atoms with Gasteiger partial charge in [-0.05, 0) is 104 Å². The average Bonchev–Trinajstić information content (AvgIpc) is 3.15. The highest BCUT2D eigenvalue weighted by Gasteiger charge is 2.71. The van der Waals surface area contributed by atoms with Crippen LogP contribution in [0.25, 0.3) is 0 Å². The monoisotopic (exact) mass is 470 g/mol. The Morgan fingerprint density at radius 2 is 1.76 bits per heavy atom. The molecule has 3 fully saturated rings. The maximum Gasteiger partial charge on any atom is 0.115 e. The van der Waals surface area contributed by atoms with Gasteiger partial charge in [0.1, 0.15) is 6.33 Å². The third-order valence-electron chi connectivity index (χ3n) is 12.1. The van der Waals surface area contributed by atoms with E-state index in [1.807, 2.05) is 13.1 Å². The van der Waals surface area contributed by atoms with Gasteiger partial charge in [0.25, 0.3) is 0 Å². The molecule has 0 amide bonds. The molecule has 34 heavy (non-hydrogen) atoms. The van der Waals surface area contributed by atoms with Crippen molar-refractivity contribution in [2.45, 2.75) is 110 Å². The minimum absolute atomic E-state index is 0.00517. The van der Waals surface area contributed by atoms with E-state index < -0.39 is 11.7 Å². The largest absolute Gasteiger partial charge is 0.396 e. The highest BCUT2D eigenvalue weighted by atomic mass is 16.3. The molecule has 0 unspecified atom stereocenters. The lowest BCUT2D eigenvalue weighted by Crippen LogP contribution is -2.66. The Morgan fingerprint density at radius 3 is 2.47 bits per heavy atom. The van der Waals surface area contributed by atoms with Gasteiger partial charge in [0.15, 0.2) is 0 Å². The van der Waals surface area contributed by atoms with E-state index in [0.29, 0.717) is 24.7 Å². The summed E-state index contributed by atoms with van der Waals surface area (Å²) in [5.74, 6) is 1.13. The van der Waals surface area contributed by atoms with Crippen molar-refractivity contribution in [1.82, 2.24) is 9.97 Å². The lowest BCUT2D eigenvalue weighted by Gasteiger charge is -2.70. The number of hydrogen-bond donors (Lipinski definition) is 3. The predicted molar refractivity (Wildman–Crippen MR) is 133 cm³/mol. The molecule has 0 bridgehead atoms. The molecule has 5 rings (SSSR count). The fraction of sp³-hybridized carbons (Fsp3) is 0.862. The van der Waals surface area contributed by atoms with E-state index in [4.69, 9.17) is 4.98 Å². The molecule has 0 aromatic carbocycles. The van der Waals surface area contributed by atoms with Gasteiger partial charge in [0.2, 0.25) is 0 Å². The summed E-state index contributed by atoms with van der Waals surface area (Å²) in [6, 6.07) is 0. The van der Waals surface area contributed by atoms with Gasteiger partial charge < -0.3 is 15.3 Å². The number of aliphatic hydroxyl groups is 3. The lowest BCUT2D eigenvalue weighted by atomic mass is 9.35. The summed E-state index contributed by atoms with van der Waals surface area (Å²) in [6.45, 7) is 14.2. The zero-order valence-electron chi connectivity index (χ0n) is 22.1. The Kier molecular flexibility index (Phi) is 5.60. The first-order valence-electron chi connectivity index (χ1n) is 13.6. The van der Waals surface area contributed by atoms with Crippen LogP contribution in [0.1, 0.15) is 97.7 Å². The molecule has 1 aromatic heterocycles. The highest BCUT2D eigenvalue weighted by Crippen LogP contribution is 2.75. The average molecular weight is 471 g/mol. The van der Waals surface area contributed by atoms with Gasteiger partial charge in [-0.1, -0.05) is 34.6 Å². The highest BCUT2D eigenvalue weighted by molar-refractivity contribution is 5.34. The number of fused-ring (bicyclic) bond motifs is 6. The van der Waals surface area contributed by atoms with Crippen molar-refractivity contribution in [1.29, 1.82) is 0 Å². The fourth-order valence-corrected chi connectivity index (χ4v) is 10.5. The molecule has 1 heterocycles. The zero-order valence-corrected chi connectivity index (χ0v) is 22.1. The minimum atomic E-state index is -0.848. The second kappa shape index (κ2) is 7.73. The van der Waals surface area contributed by atoms with E-state index in [9.17, 15) is 15.3 Å². The van der Waals surface area contributed by atoms with E-state index in [0.717, 1.165) is 25.7 Å². The van der Waals surface area contributed by atoms with Gasteiger partial charge in [-0.3, -0.25) is 0 Å². The van der Waals surface area contributed by atoms with Gasteiger partial charge >= 0.3 is 0 Å². The number of aromatic nitrogens is 2. The second-order valence-corrected chi connectivity index (χ2v) is 13.9. The zero-order chi connectivity index (χ0) is 24.7. The van der Waals surface area contributed by atoms with Crippen LogP contribution in [0.2, 0.25) is 0 Å². The number of hydrogen-bond acceptors (Lipinski definition) is 5. The van der Waals surface area contributed by atoms with Crippen LogP contribution in [-0.4, -0.2) is 43.6 Å². The Morgan fingerprint density at radius 1 is 1.06 bits per heavy atom. The van der Waals surface area contributed by atoms with Crippen molar-refractivity contribution >= 4 is 0 Å². The Balaban J connectivity index is 1.55. The van der Waals surface area contributed by atoms with Crippen molar-refractivity contribution in [3.63, 3.8) is 0 Å². The summed E-state index contributed by atoms with van der Waals surface area (Å²) in [5, 5.41) is 32.7. The summed E-state index contributed by atoms with van der Waals surface area (Å²) in [4.78, 5) is 9.14. The standard InChI is InChI=1S/C29H46N2O3/c1-25(2)21-9-12-27(4)22(26(21,3)15-18-16-30-17-31-24(18)25)14-20(33)23-19(8-11-28(23,27)5)29(6,34)10-7-13-32/h16-17,19-23,32-34H,7-15H2,1-6H3/t19-,20+,21-,22+,23-,26-,27+,28+,29-/m0/s1. The number of nitrogens with zero attached hydrogens (tertiary/aromatic N) is 2. The third kappa shape index (κ3) is 3.08. The van der Waals surface area contributed by atoms with Crippen molar-refractivity contribution in [2.24, 2.45) is 39.9 Å². The Bertz CT molecular complexity index is 947. The SMILES string of the molecule is CC1(C)c2ncncc2C[C@]2(C)[C@H]3C[C@@H](O)[C@@H]4[C@@H]([C@@](C)(O)CCCO)CC[C@@]4(C)[C@]3(C)CC[C@@H]12. The molecule has 0 radical (unpaired) electrons.